The summed E-state index contributed by atoms with van der Waals surface area (Å²) < 4.78 is 17.0. The molecule has 1 aliphatic heterocycles. The van der Waals surface area contributed by atoms with Crippen LogP contribution in [0.2, 0.25) is 0 Å². The fourth-order valence-corrected chi connectivity index (χ4v) is 3.34. The molecule has 0 aliphatic carbocycles. The summed E-state index contributed by atoms with van der Waals surface area (Å²) in [4.78, 5) is 29.1. The smallest absolute Gasteiger partial charge is 0.327 e. The SMILES string of the molecule is CCOC(=O)Cn1nnnc1CN(CCO)Cc1cc2cc3c(cc2[nH]c1=O)OCO3. The maximum atomic E-state index is 12.6. The number of aliphatic hydroxyl groups is 1. The number of aromatic amines is 1. The molecule has 164 valence electrons. The zero-order chi connectivity index (χ0) is 21.8. The lowest BCUT2D eigenvalue weighted by molar-refractivity contribution is -0.144. The van der Waals surface area contributed by atoms with E-state index in [1.807, 2.05) is 11.0 Å². The summed E-state index contributed by atoms with van der Waals surface area (Å²) in [5, 5.41) is 21.7. The van der Waals surface area contributed by atoms with Crippen LogP contribution in [0.4, 0.5) is 0 Å². The van der Waals surface area contributed by atoms with Gasteiger partial charge in [-0.15, -0.1) is 5.10 Å². The summed E-state index contributed by atoms with van der Waals surface area (Å²) in [5.41, 5.74) is 0.898. The topological polar surface area (TPSA) is 145 Å². The van der Waals surface area contributed by atoms with Gasteiger partial charge in [0.25, 0.3) is 5.56 Å². The number of benzene rings is 1. The van der Waals surface area contributed by atoms with Crippen molar-refractivity contribution < 1.29 is 24.1 Å². The number of ether oxygens (including phenoxy) is 3. The van der Waals surface area contributed by atoms with Crippen molar-refractivity contribution in [3.63, 3.8) is 0 Å². The van der Waals surface area contributed by atoms with Crippen LogP contribution in [-0.2, 0) is 29.2 Å². The molecule has 0 amide bonds. The molecule has 12 nitrogen and oxygen atoms in total. The molecule has 0 saturated carbocycles. The number of nitrogens with zero attached hydrogens (tertiary/aromatic N) is 5. The van der Waals surface area contributed by atoms with Gasteiger partial charge in [-0.1, -0.05) is 0 Å². The summed E-state index contributed by atoms with van der Waals surface area (Å²) in [5.74, 6) is 1.18. The lowest BCUT2D eigenvalue weighted by Gasteiger charge is -2.20. The third kappa shape index (κ3) is 4.64. The molecule has 1 aliphatic rings. The normalized spacial score (nSPS) is 12.6. The highest BCUT2D eigenvalue weighted by molar-refractivity contribution is 5.83. The van der Waals surface area contributed by atoms with Crippen LogP contribution in [0.5, 0.6) is 11.5 Å². The molecule has 0 spiro atoms. The Morgan fingerprint density at radius 2 is 2.10 bits per heavy atom. The van der Waals surface area contributed by atoms with E-state index in [0.29, 0.717) is 28.4 Å². The Bertz CT molecular complexity index is 1140. The highest BCUT2D eigenvalue weighted by Gasteiger charge is 2.18. The van der Waals surface area contributed by atoms with Gasteiger partial charge in [0.1, 0.15) is 6.54 Å². The molecule has 2 aromatic heterocycles. The van der Waals surface area contributed by atoms with Gasteiger partial charge in [-0.05, 0) is 29.5 Å². The van der Waals surface area contributed by atoms with E-state index in [4.69, 9.17) is 14.2 Å². The van der Waals surface area contributed by atoms with Crippen molar-refractivity contribution in [3.8, 4) is 11.5 Å². The Balaban J connectivity index is 1.55. The van der Waals surface area contributed by atoms with Crippen molar-refractivity contribution in [2.24, 2.45) is 0 Å². The van der Waals surface area contributed by atoms with Gasteiger partial charge in [-0.2, -0.15) is 0 Å². The van der Waals surface area contributed by atoms with Crippen molar-refractivity contribution in [2.45, 2.75) is 26.6 Å². The molecule has 3 aromatic rings. The second-order valence-electron chi connectivity index (χ2n) is 6.91. The van der Waals surface area contributed by atoms with Crippen LogP contribution in [0.15, 0.2) is 23.0 Å². The number of fused-ring (bicyclic) bond motifs is 2. The minimum Gasteiger partial charge on any atom is -0.465 e. The highest BCUT2D eigenvalue weighted by Crippen LogP contribution is 2.35. The van der Waals surface area contributed by atoms with E-state index in [9.17, 15) is 14.7 Å². The second-order valence-corrected chi connectivity index (χ2v) is 6.91. The fourth-order valence-electron chi connectivity index (χ4n) is 3.34. The van der Waals surface area contributed by atoms with Gasteiger partial charge in [0.05, 0.1) is 25.3 Å². The summed E-state index contributed by atoms with van der Waals surface area (Å²) in [7, 11) is 0. The molecule has 31 heavy (non-hydrogen) atoms. The van der Waals surface area contributed by atoms with Gasteiger partial charge in [0, 0.05) is 30.1 Å². The Morgan fingerprint density at radius 1 is 1.29 bits per heavy atom. The van der Waals surface area contributed by atoms with Gasteiger partial charge in [-0.25, -0.2) is 4.68 Å². The van der Waals surface area contributed by atoms with Crippen molar-refractivity contribution in [1.82, 2.24) is 30.1 Å². The maximum Gasteiger partial charge on any atom is 0.327 e. The number of H-pyrrole nitrogens is 1. The lowest BCUT2D eigenvalue weighted by Crippen LogP contribution is -2.31. The van der Waals surface area contributed by atoms with Crippen LogP contribution in [0.3, 0.4) is 0 Å². The monoisotopic (exact) mass is 430 g/mol. The first-order chi connectivity index (χ1) is 15.1. The van der Waals surface area contributed by atoms with Crippen LogP contribution >= 0.6 is 0 Å². The molecule has 0 saturated heterocycles. The third-order valence-corrected chi connectivity index (χ3v) is 4.78. The Labute approximate surface area is 176 Å². The molecule has 0 atom stereocenters. The number of tetrazole rings is 1. The van der Waals surface area contributed by atoms with Crippen molar-refractivity contribution in [2.75, 3.05) is 26.6 Å². The molecule has 0 bridgehead atoms. The minimum absolute atomic E-state index is 0.118. The van der Waals surface area contributed by atoms with Crippen LogP contribution in [0.1, 0.15) is 18.3 Å². The molecular formula is C19H22N6O6. The standard InChI is InChI=1S/C19H22N6O6/c1-2-29-18(27)10-25-17(21-22-23-25)9-24(3-4-26)8-13-5-12-6-15-16(31-11-30-15)7-14(12)20-19(13)28/h5-7,26H,2-4,8-11H2,1H3,(H,20,28). The van der Waals surface area contributed by atoms with E-state index in [0.717, 1.165) is 5.39 Å². The molecule has 4 rings (SSSR count). The number of rotatable bonds is 9. The van der Waals surface area contributed by atoms with Gasteiger partial charge in [0.15, 0.2) is 17.3 Å². The Morgan fingerprint density at radius 3 is 2.87 bits per heavy atom. The predicted molar refractivity (Wildman–Crippen MR) is 106 cm³/mol. The first-order valence-electron chi connectivity index (χ1n) is 9.76. The minimum atomic E-state index is -0.450. The number of carbonyl (C=O) groups excluding carboxylic acids is 1. The average molecular weight is 430 g/mol. The van der Waals surface area contributed by atoms with Crippen LogP contribution in [-0.4, -0.2) is 67.7 Å². The number of hydrogen-bond donors (Lipinski definition) is 2. The van der Waals surface area contributed by atoms with Gasteiger partial charge in [-0.3, -0.25) is 14.5 Å². The zero-order valence-electron chi connectivity index (χ0n) is 16.9. The maximum absolute atomic E-state index is 12.6. The predicted octanol–water partition coefficient (Wildman–Crippen LogP) is -0.199. The molecule has 12 heteroatoms. The zero-order valence-corrected chi connectivity index (χ0v) is 16.9. The number of hydrogen-bond acceptors (Lipinski definition) is 10. The van der Waals surface area contributed by atoms with E-state index >= 15 is 0 Å². The van der Waals surface area contributed by atoms with Crippen LogP contribution in [0, 0.1) is 0 Å². The van der Waals surface area contributed by atoms with Crippen LogP contribution < -0.4 is 15.0 Å². The molecule has 0 radical (unpaired) electrons. The van der Waals surface area contributed by atoms with E-state index in [-0.39, 0.29) is 51.7 Å². The van der Waals surface area contributed by atoms with E-state index in [1.54, 1.807) is 19.1 Å². The second kappa shape index (κ2) is 9.10. The van der Waals surface area contributed by atoms with Crippen LogP contribution in [0.25, 0.3) is 10.9 Å². The van der Waals surface area contributed by atoms with Gasteiger partial charge >= 0.3 is 5.97 Å². The molecule has 1 aromatic carbocycles. The van der Waals surface area contributed by atoms with E-state index in [2.05, 4.69) is 20.5 Å². The Kier molecular flexibility index (Phi) is 6.09. The number of pyridine rings is 1. The number of nitrogens with one attached hydrogen (secondary N) is 1. The number of aliphatic hydroxyl groups excluding tert-OH is 1. The summed E-state index contributed by atoms with van der Waals surface area (Å²) in [6.07, 6.45) is 0. The van der Waals surface area contributed by atoms with E-state index < -0.39 is 5.97 Å². The molecule has 2 N–H and O–H groups in total. The Hall–Kier alpha value is -3.51. The summed E-state index contributed by atoms with van der Waals surface area (Å²) >= 11 is 0. The third-order valence-electron chi connectivity index (χ3n) is 4.78. The van der Waals surface area contributed by atoms with Gasteiger partial charge < -0.3 is 24.3 Å². The first kappa shape index (κ1) is 20.8. The molecule has 0 unspecified atom stereocenters. The summed E-state index contributed by atoms with van der Waals surface area (Å²) in [6, 6.07) is 5.33. The van der Waals surface area contributed by atoms with Crippen molar-refractivity contribution in [1.29, 1.82) is 0 Å². The number of carbonyl (C=O) groups is 1. The summed E-state index contributed by atoms with van der Waals surface area (Å²) in [6.45, 7) is 2.64. The molecular weight excluding hydrogens is 408 g/mol. The quantitative estimate of drug-likeness (QED) is 0.438. The molecule has 0 fully saturated rings. The first-order valence-corrected chi connectivity index (χ1v) is 9.76. The average Bonchev–Trinajstić information content (AvgIpc) is 3.36. The lowest BCUT2D eigenvalue weighted by atomic mass is 10.1. The number of esters is 1. The fraction of sp³-hybridized carbons (Fsp3) is 0.421. The van der Waals surface area contributed by atoms with Gasteiger partial charge in [0.2, 0.25) is 6.79 Å². The van der Waals surface area contributed by atoms with Crippen molar-refractivity contribution >= 4 is 16.9 Å². The molecule has 3 heterocycles. The van der Waals surface area contributed by atoms with Crippen molar-refractivity contribution in [3.05, 3.63) is 39.9 Å². The highest BCUT2D eigenvalue weighted by atomic mass is 16.7. The largest absolute Gasteiger partial charge is 0.465 e. The van der Waals surface area contributed by atoms with E-state index in [1.165, 1.54) is 4.68 Å². The number of aromatic nitrogens is 5.